The molecular formula is C15H14F2O. The Kier molecular flexibility index (Phi) is 3.43. The first-order valence-corrected chi connectivity index (χ1v) is 5.69. The largest absolute Gasteiger partial charge is 0.384 e. The zero-order valence-electron chi connectivity index (χ0n) is 10.2. The highest BCUT2D eigenvalue weighted by atomic mass is 19.2. The van der Waals surface area contributed by atoms with Crippen LogP contribution in [0.4, 0.5) is 8.78 Å². The van der Waals surface area contributed by atoms with Gasteiger partial charge in [-0.2, -0.15) is 0 Å². The van der Waals surface area contributed by atoms with Crippen molar-refractivity contribution in [2.24, 2.45) is 0 Å². The second-order valence-corrected chi connectivity index (χ2v) is 4.47. The Hall–Kier alpha value is -1.74. The van der Waals surface area contributed by atoms with Gasteiger partial charge in [0.25, 0.3) is 0 Å². The molecule has 2 aromatic rings. The molecule has 1 nitrogen and oxygen atoms in total. The quantitative estimate of drug-likeness (QED) is 0.859. The van der Waals surface area contributed by atoms with Gasteiger partial charge in [-0.15, -0.1) is 0 Å². The molecule has 0 aliphatic carbocycles. The minimum absolute atomic E-state index is 0.0417. The number of hydrogen-bond acceptors (Lipinski definition) is 1. The summed E-state index contributed by atoms with van der Waals surface area (Å²) in [7, 11) is 0. The van der Waals surface area contributed by atoms with Gasteiger partial charge in [0.05, 0.1) is 0 Å². The second kappa shape index (κ2) is 4.86. The highest BCUT2D eigenvalue weighted by molar-refractivity contribution is 5.36. The topological polar surface area (TPSA) is 20.2 Å². The van der Waals surface area contributed by atoms with Gasteiger partial charge in [0.1, 0.15) is 6.10 Å². The zero-order valence-corrected chi connectivity index (χ0v) is 10.2. The lowest BCUT2D eigenvalue weighted by molar-refractivity contribution is 0.213. The van der Waals surface area contributed by atoms with Crippen molar-refractivity contribution in [3.8, 4) is 0 Å². The molecule has 0 heterocycles. The van der Waals surface area contributed by atoms with Gasteiger partial charge in [0.2, 0.25) is 0 Å². The predicted octanol–water partition coefficient (Wildman–Crippen LogP) is 3.66. The number of aryl methyl sites for hydroxylation is 2. The minimum atomic E-state index is -1.15. The monoisotopic (exact) mass is 248 g/mol. The van der Waals surface area contributed by atoms with Crippen molar-refractivity contribution in [2.45, 2.75) is 20.0 Å². The van der Waals surface area contributed by atoms with E-state index in [2.05, 4.69) is 0 Å². The van der Waals surface area contributed by atoms with Crippen molar-refractivity contribution >= 4 is 0 Å². The average molecular weight is 248 g/mol. The normalized spacial score (nSPS) is 12.5. The third kappa shape index (κ3) is 2.41. The van der Waals surface area contributed by atoms with Crippen LogP contribution < -0.4 is 0 Å². The average Bonchev–Trinajstić information content (AvgIpc) is 2.30. The van der Waals surface area contributed by atoms with E-state index in [4.69, 9.17) is 0 Å². The predicted molar refractivity (Wildman–Crippen MR) is 66.3 cm³/mol. The van der Waals surface area contributed by atoms with E-state index in [1.807, 2.05) is 19.9 Å². The van der Waals surface area contributed by atoms with Gasteiger partial charge >= 0.3 is 0 Å². The standard InChI is InChI=1S/C15H14F2O/c1-9-6-10(2)8-11(7-9)15(18)12-4-3-5-13(16)14(12)17/h3-8,15,18H,1-2H3. The van der Waals surface area contributed by atoms with Gasteiger partial charge in [0, 0.05) is 5.56 Å². The van der Waals surface area contributed by atoms with E-state index in [1.165, 1.54) is 12.1 Å². The van der Waals surface area contributed by atoms with E-state index in [-0.39, 0.29) is 5.56 Å². The molecule has 0 spiro atoms. The Bertz CT molecular complexity index is 558. The molecule has 0 fully saturated rings. The van der Waals surface area contributed by atoms with Crippen LogP contribution in [0, 0.1) is 25.5 Å². The molecular weight excluding hydrogens is 234 g/mol. The maximum absolute atomic E-state index is 13.6. The van der Waals surface area contributed by atoms with Crippen LogP contribution in [0.1, 0.15) is 28.4 Å². The Morgan fingerprint density at radius 1 is 1.00 bits per heavy atom. The molecule has 0 radical (unpaired) electrons. The van der Waals surface area contributed by atoms with Crippen molar-refractivity contribution in [1.29, 1.82) is 0 Å². The highest BCUT2D eigenvalue weighted by Gasteiger charge is 2.17. The Morgan fingerprint density at radius 2 is 1.61 bits per heavy atom. The summed E-state index contributed by atoms with van der Waals surface area (Å²) in [5, 5.41) is 10.1. The van der Waals surface area contributed by atoms with Crippen LogP contribution in [-0.2, 0) is 0 Å². The number of rotatable bonds is 2. The lowest BCUT2D eigenvalue weighted by Gasteiger charge is -2.14. The molecule has 0 saturated carbocycles. The number of halogens is 2. The highest BCUT2D eigenvalue weighted by Crippen LogP contribution is 2.26. The summed E-state index contributed by atoms with van der Waals surface area (Å²) in [5.74, 6) is -1.94. The lowest BCUT2D eigenvalue weighted by Crippen LogP contribution is -2.04. The fourth-order valence-corrected chi connectivity index (χ4v) is 2.08. The Balaban J connectivity index is 2.47. The molecule has 2 rings (SSSR count). The molecule has 1 N–H and O–H groups in total. The van der Waals surface area contributed by atoms with Crippen LogP contribution in [0.2, 0.25) is 0 Å². The van der Waals surface area contributed by atoms with Gasteiger partial charge < -0.3 is 5.11 Å². The summed E-state index contributed by atoms with van der Waals surface area (Å²) in [6.45, 7) is 3.79. The maximum atomic E-state index is 13.6. The number of hydrogen-bond donors (Lipinski definition) is 1. The first-order chi connectivity index (χ1) is 8.49. The Morgan fingerprint density at radius 3 is 2.22 bits per heavy atom. The van der Waals surface area contributed by atoms with Crippen molar-refractivity contribution in [1.82, 2.24) is 0 Å². The van der Waals surface area contributed by atoms with E-state index in [1.54, 1.807) is 12.1 Å². The summed E-state index contributed by atoms with van der Waals surface area (Å²) in [6, 6.07) is 9.30. The fourth-order valence-electron chi connectivity index (χ4n) is 2.08. The van der Waals surface area contributed by atoms with Gasteiger partial charge in [-0.1, -0.05) is 41.5 Å². The van der Waals surface area contributed by atoms with Gasteiger partial charge in [-0.25, -0.2) is 8.78 Å². The lowest BCUT2D eigenvalue weighted by atomic mass is 9.97. The molecule has 0 aliphatic rings. The summed E-state index contributed by atoms with van der Waals surface area (Å²) < 4.78 is 26.7. The summed E-state index contributed by atoms with van der Waals surface area (Å²) in [5.41, 5.74) is 2.47. The smallest absolute Gasteiger partial charge is 0.164 e. The third-order valence-electron chi connectivity index (χ3n) is 2.84. The van der Waals surface area contributed by atoms with Crippen LogP contribution in [0.3, 0.4) is 0 Å². The summed E-state index contributed by atoms with van der Waals surface area (Å²) in [4.78, 5) is 0. The van der Waals surface area contributed by atoms with E-state index in [9.17, 15) is 13.9 Å². The van der Waals surface area contributed by atoms with E-state index < -0.39 is 17.7 Å². The van der Waals surface area contributed by atoms with Crippen LogP contribution in [0.15, 0.2) is 36.4 Å². The van der Waals surface area contributed by atoms with Crippen molar-refractivity contribution in [3.05, 3.63) is 70.3 Å². The molecule has 1 unspecified atom stereocenters. The molecule has 1 atom stereocenters. The number of aliphatic hydroxyl groups is 1. The zero-order chi connectivity index (χ0) is 13.3. The molecule has 3 heteroatoms. The fraction of sp³-hybridized carbons (Fsp3) is 0.200. The van der Waals surface area contributed by atoms with Gasteiger partial charge in [0.15, 0.2) is 11.6 Å². The summed E-state index contributed by atoms with van der Waals surface area (Å²) >= 11 is 0. The van der Waals surface area contributed by atoms with Crippen molar-refractivity contribution in [2.75, 3.05) is 0 Å². The SMILES string of the molecule is Cc1cc(C)cc(C(O)c2cccc(F)c2F)c1. The molecule has 0 amide bonds. The van der Waals surface area contributed by atoms with Gasteiger partial charge in [-0.05, 0) is 25.5 Å². The molecule has 2 aromatic carbocycles. The molecule has 0 bridgehead atoms. The second-order valence-electron chi connectivity index (χ2n) is 4.47. The van der Waals surface area contributed by atoms with Crippen molar-refractivity contribution < 1.29 is 13.9 Å². The van der Waals surface area contributed by atoms with Crippen LogP contribution in [0.5, 0.6) is 0 Å². The van der Waals surface area contributed by atoms with Crippen molar-refractivity contribution in [3.63, 3.8) is 0 Å². The molecule has 94 valence electrons. The first kappa shape index (κ1) is 12.7. The number of benzene rings is 2. The minimum Gasteiger partial charge on any atom is -0.384 e. The molecule has 0 saturated heterocycles. The van der Waals surface area contributed by atoms with Gasteiger partial charge in [-0.3, -0.25) is 0 Å². The number of aliphatic hydroxyl groups excluding tert-OH is 1. The van der Waals surface area contributed by atoms with E-state index in [0.29, 0.717) is 5.56 Å². The Labute approximate surface area is 105 Å². The summed E-state index contributed by atoms with van der Waals surface area (Å²) in [6.07, 6.45) is -1.15. The van der Waals surface area contributed by atoms with Crippen LogP contribution >= 0.6 is 0 Å². The third-order valence-corrected chi connectivity index (χ3v) is 2.84. The molecule has 0 aliphatic heterocycles. The van der Waals surface area contributed by atoms with Crippen LogP contribution in [-0.4, -0.2) is 5.11 Å². The first-order valence-electron chi connectivity index (χ1n) is 5.69. The molecule has 0 aromatic heterocycles. The maximum Gasteiger partial charge on any atom is 0.164 e. The van der Waals surface area contributed by atoms with E-state index >= 15 is 0 Å². The molecule has 18 heavy (non-hydrogen) atoms. The van der Waals surface area contributed by atoms with E-state index in [0.717, 1.165) is 17.2 Å². The van der Waals surface area contributed by atoms with Crippen LogP contribution in [0.25, 0.3) is 0 Å².